The quantitative estimate of drug-likeness (QED) is 0.899. The third-order valence-corrected chi connectivity index (χ3v) is 3.41. The SMILES string of the molecule is Cc1n[nH]c(C)c1C(=O)NCC1COc2ccccc2O1. The summed E-state index contributed by atoms with van der Waals surface area (Å²) in [6.07, 6.45) is -0.198. The fourth-order valence-electron chi connectivity index (χ4n) is 2.34. The number of para-hydroxylation sites is 2. The predicted molar refractivity (Wildman–Crippen MR) is 76.7 cm³/mol. The Morgan fingerprint density at radius 3 is 2.86 bits per heavy atom. The monoisotopic (exact) mass is 287 g/mol. The second kappa shape index (κ2) is 5.47. The van der Waals surface area contributed by atoms with Crippen molar-refractivity contribution in [2.45, 2.75) is 20.0 Å². The highest BCUT2D eigenvalue weighted by atomic mass is 16.6. The van der Waals surface area contributed by atoms with Crippen LogP contribution in [-0.4, -0.2) is 35.4 Å². The Labute approximate surface area is 122 Å². The van der Waals surface area contributed by atoms with Gasteiger partial charge in [0.2, 0.25) is 0 Å². The molecule has 0 fully saturated rings. The van der Waals surface area contributed by atoms with Gasteiger partial charge in [-0.25, -0.2) is 0 Å². The van der Waals surface area contributed by atoms with Gasteiger partial charge in [-0.3, -0.25) is 9.89 Å². The minimum absolute atomic E-state index is 0.152. The number of H-pyrrole nitrogens is 1. The predicted octanol–water partition coefficient (Wildman–Crippen LogP) is 1.60. The molecule has 0 saturated heterocycles. The zero-order valence-electron chi connectivity index (χ0n) is 12.0. The number of nitrogens with one attached hydrogen (secondary N) is 2. The molecule has 110 valence electrons. The van der Waals surface area contributed by atoms with E-state index in [0.717, 1.165) is 11.4 Å². The first-order valence-electron chi connectivity index (χ1n) is 6.83. The molecule has 2 N–H and O–H groups in total. The summed E-state index contributed by atoms with van der Waals surface area (Å²) in [6.45, 7) is 4.43. The van der Waals surface area contributed by atoms with Crippen LogP contribution in [0.5, 0.6) is 11.5 Å². The molecular formula is C15H17N3O3. The van der Waals surface area contributed by atoms with Crippen LogP contribution < -0.4 is 14.8 Å². The summed E-state index contributed by atoms with van der Waals surface area (Å²) in [5.74, 6) is 1.29. The molecule has 2 aromatic rings. The van der Waals surface area contributed by atoms with Crippen molar-refractivity contribution in [3.05, 3.63) is 41.2 Å². The van der Waals surface area contributed by atoms with E-state index in [1.165, 1.54) is 0 Å². The number of rotatable bonds is 3. The van der Waals surface area contributed by atoms with Crippen molar-refractivity contribution in [3.63, 3.8) is 0 Å². The lowest BCUT2D eigenvalue weighted by Gasteiger charge is -2.26. The average Bonchev–Trinajstić information content (AvgIpc) is 2.84. The van der Waals surface area contributed by atoms with Crippen molar-refractivity contribution in [1.29, 1.82) is 0 Å². The number of nitrogens with zero attached hydrogens (tertiary/aromatic N) is 1. The van der Waals surface area contributed by atoms with Gasteiger partial charge in [0.15, 0.2) is 11.5 Å². The number of benzene rings is 1. The Bertz CT molecular complexity index is 646. The molecule has 1 aliphatic heterocycles. The normalized spacial score (nSPS) is 16.6. The minimum atomic E-state index is -0.198. The number of amides is 1. The Kier molecular flexibility index (Phi) is 3.51. The van der Waals surface area contributed by atoms with Gasteiger partial charge in [-0.05, 0) is 26.0 Å². The molecule has 21 heavy (non-hydrogen) atoms. The number of hydrogen-bond donors (Lipinski definition) is 2. The number of aryl methyl sites for hydroxylation is 2. The summed E-state index contributed by atoms with van der Waals surface area (Å²) in [6, 6.07) is 7.51. The molecule has 6 heteroatoms. The van der Waals surface area contributed by atoms with Crippen LogP contribution in [0.3, 0.4) is 0 Å². The van der Waals surface area contributed by atoms with E-state index < -0.39 is 0 Å². The third-order valence-electron chi connectivity index (χ3n) is 3.41. The molecule has 0 spiro atoms. The third kappa shape index (κ3) is 2.69. The van der Waals surface area contributed by atoms with E-state index in [9.17, 15) is 4.79 Å². The molecule has 0 saturated carbocycles. The molecule has 1 amide bonds. The highest BCUT2D eigenvalue weighted by molar-refractivity contribution is 5.96. The first-order chi connectivity index (χ1) is 10.1. The molecule has 1 aromatic carbocycles. The molecular weight excluding hydrogens is 270 g/mol. The Hall–Kier alpha value is -2.50. The van der Waals surface area contributed by atoms with Crippen molar-refractivity contribution in [3.8, 4) is 11.5 Å². The summed E-state index contributed by atoms with van der Waals surface area (Å²) in [5.41, 5.74) is 2.04. The van der Waals surface area contributed by atoms with Crippen LogP contribution in [0.25, 0.3) is 0 Å². The topological polar surface area (TPSA) is 76.2 Å². The molecule has 1 unspecified atom stereocenters. The van der Waals surface area contributed by atoms with E-state index in [4.69, 9.17) is 9.47 Å². The summed E-state index contributed by atoms with van der Waals surface area (Å²) in [4.78, 5) is 12.2. The van der Waals surface area contributed by atoms with Gasteiger partial charge in [0, 0.05) is 5.69 Å². The van der Waals surface area contributed by atoms with Gasteiger partial charge >= 0.3 is 0 Å². The summed E-state index contributed by atoms with van der Waals surface area (Å²) < 4.78 is 11.4. The van der Waals surface area contributed by atoms with Gasteiger partial charge in [0.1, 0.15) is 12.7 Å². The maximum Gasteiger partial charge on any atom is 0.255 e. The molecule has 1 atom stereocenters. The second-order valence-electron chi connectivity index (χ2n) is 5.02. The van der Waals surface area contributed by atoms with Crippen LogP contribution in [0.1, 0.15) is 21.7 Å². The summed E-state index contributed by atoms with van der Waals surface area (Å²) >= 11 is 0. The van der Waals surface area contributed by atoms with Gasteiger partial charge in [-0.15, -0.1) is 0 Å². The number of aromatic nitrogens is 2. The highest BCUT2D eigenvalue weighted by Crippen LogP contribution is 2.30. The maximum absolute atomic E-state index is 12.2. The molecule has 1 aromatic heterocycles. The number of fused-ring (bicyclic) bond motifs is 1. The molecule has 0 radical (unpaired) electrons. The fourth-order valence-corrected chi connectivity index (χ4v) is 2.34. The summed E-state index contributed by atoms with van der Waals surface area (Å²) in [7, 11) is 0. The molecule has 0 bridgehead atoms. The molecule has 3 rings (SSSR count). The minimum Gasteiger partial charge on any atom is -0.486 e. The van der Waals surface area contributed by atoms with E-state index in [2.05, 4.69) is 15.5 Å². The van der Waals surface area contributed by atoms with Crippen molar-refractivity contribution >= 4 is 5.91 Å². The van der Waals surface area contributed by atoms with Crippen molar-refractivity contribution in [2.75, 3.05) is 13.2 Å². The van der Waals surface area contributed by atoms with Crippen molar-refractivity contribution in [1.82, 2.24) is 15.5 Å². The van der Waals surface area contributed by atoms with Crippen LogP contribution in [0, 0.1) is 13.8 Å². The lowest BCUT2D eigenvalue weighted by Crippen LogP contribution is -2.40. The Morgan fingerprint density at radius 2 is 2.14 bits per heavy atom. The maximum atomic E-state index is 12.2. The molecule has 2 heterocycles. The van der Waals surface area contributed by atoms with Gasteiger partial charge in [0.25, 0.3) is 5.91 Å². The van der Waals surface area contributed by atoms with Crippen LogP contribution in [0.2, 0.25) is 0 Å². The van der Waals surface area contributed by atoms with Gasteiger partial charge in [-0.2, -0.15) is 5.10 Å². The summed E-state index contributed by atoms with van der Waals surface area (Å²) in [5, 5.41) is 9.69. The number of ether oxygens (including phenoxy) is 2. The lowest BCUT2D eigenvalue weighted by atomic mass is 10.2. The van der Waals surface area contributed by atoms with E-state index in [1.54, 1.807) is 6.92 Å². The zero-order chi connectivity index (χ0) is 14.8. The Morgan fingerprint density at radius 1 is 1.38 bits per heavy atom. The largest absolute Gasteiger partial charge is 0.486 e. The van der Waals surface area contributed by atoms with Gasteiger partial charge < -0.3 is 14.8 Å². The average molecular weight is 287 g/mol. The first kappa shape index (κ1) is 13.5. The van der Waals surface area contributed by atoms with E-state index in [1.807, 2.05) is 31.2 Å². The van der Waals surface area contributed by atoms with Crippen molar-refractivity contribution in [2.24, 2.45) is 0 Å². The van der Waals surface area contributed by atoms with E-state index >= 15 is 0 Å². The standard InChI is InChI=1S/C15H17N3O3/c1-9-14(10(2)18-17-9)15(19)16-7-11-8-20-12-5-3-4-6-13(12)21-11/h3-6,11H,7-8H2,1-2H3,(H,16,19)(H,17,18). The van der Waals surface area contributed by atoms with Crippen molar-refractivity contribution < 1.29 is 14.3 Å². The molecule has 0 aliphatic carbocycles. The Balaban J connectivity index is 1.61. The first-order valence-corrected chi connectivity index (χ1v) is 6.83. The molecule has 6 nitrogen and oxygen atoms in total. The van der Waals surface area contributed by atoms with Crippen LogP contribution in [-0.2, 0) is 0 Å². The number of aromatic amines is 1. The number of carbonyl (C=O) groups excluding carboxylic acids is 1. The van der Waals surface area contributed by atoms with Crippen LogP contribution in [0.4, 0.5) is 0 Å². The fraction of sp³-hybridized carbons (Fsp3) is 0.333. The lowest BCUT2D eigenvalue weighted by molar-refractivity contribution is 0.0788. The van der Waals surface area contributed by atoms with Crippen LogP contribution in [0.15, 0.2) is 24.3 Å². The van der Waals surface area contributed by atoms with Gasteiger partial charge in [0.05, 0.1) is 17.8 Å². The van der Waals surface area contributed by atoms with Crippen LogP contribution >= 0.6 is 0 Å². The number of carbonyl (C=O) groups is 1. The zero-order valence-corrected chi connectivity index (χ0v) is 12.0. The van der Waals surface area contributed by atoms with E-state index in [-0.39, 0.29) is 12.0 Å². The molecule has 1 aliphatic rings. The second-order valence-corrected chi connectivity index (χ2v) is 5.02. The smallest absolute Gasteiger partial charge is 0.255 e. The van der Waals surface area contributed by atoms with E-state index in [0.29, 0.717) is 30.2 Å². The number of hydrogen-bond acceptors (Lipinski definition) is 4. The van der Waals surface area contributed by atoms with Gasteiger partial charge in [-0.1, -0.05) is 12.1 Å². The highest BCUT2D eigenvalue weighted by Gasteiger charge is 2.22.